The van der Waals surface area contributed by atoms with Gasteiger partial charge >= 0.3 is 0 Å². The van der Waals surface area contributed by atoms with Crippen LogP contribution in [-0.2, 0) is 6.54 Å². The first kappa shape index (κ1) is 12.6. The summed E-state index contributed by atoms with van der Waals surface area (Å²) in [6.07, 6.45) is 4.94. The minimum atomic E-state index is 0.286. The molecular formula is C13H17N3O2. The average molecular weight is 247 g/mol. The van der Waals surface area contributed by atoms with Crippen LogP contribution in [-0.4, -0.2) is 13.2 Å². The number of nitrogens with zero attached hydrogens (tertiary/aromatic N) is 3. The molecule has 1 aliphatic rings. The molecule has 0 radical (unpaired) electrons. The van der Waals surface area contributed by atoms with Crippen molar-refractivity contribution in [1.29, 1.82) is 0 Å². The van der Waals surface area contributed by atoms with Crippen LogP contribution in [0.4, 0.5) is 0 Å². The fourth-order valence-electron chi connectivity index (χ4n) is 2.21. The number of benzene rings is 1. The lowest BCUT2D eigenvalue weighted by molar-refractivity contribution is 0.200. The number of ether oxygens (including phenoxy) is 2. The molecule has 0 spiro atoms. The summed E-state index contributed by atoms with van der Waals surface area (Å²) in [5, 5.41) is 3.55. The Morgan fingerprint density at radius 3 is 2.78 bits per heavy atom. The molecule has 1 saturated carbocycles. The smallest absolute Gasteiger partial charge is 0.161 e. The average Bonchev–Trinajstić information content (AvgIpc) is 2.89. The highest BCUT2D eigenvalue weighted by Gasteiger charge is 2.18. The summed E-state index contributed by atoms with van der Waals surface area (Å²) in [5.74, 6) is 1.47. The third kappa shape index (κ3) is 3.08. The highest BCUT2D eigenvalue weighted by molar-refractivity contribution is 5.43. The molecule has 0 unspecified atom stereocenters. The Morgan fingerprint density at radius 1 is 1.33 bits per heavy atom. The van der Waals surface area contributed by atoms with E-state index in [2.05, 4.69) is 10.0 Å². The molecule has 1 aliphatic carbocycles. The quantitative estimate of drug-likeness (QED) is 0.451. The van der Waals surface area contributed by atoms with Crippen molar-refractivity contribution < 1.29 is 9.47 Å². The third-order valence-corrected chi connectivity index (χ3v) is 3.14. The van der Waals surface area contributed by atoms with Crippen molar-refractivity contribution in [3.8, 4) is 11.5 Å². The summed E-state index contributed by atoms with van der Waals surface area (Å²) in [6, 6.07) is 5.63. The van der Waals surface area contributed by atoms with Crippen LogP contribution in [0.25, 0.3) is 10.4 Å². The van der Waals surface area contributed by atoms with Gasteiger partial charge in [0.1, 0.15) is 0 Å². The molecule has 96 valence electrons. The second-order valence-corrected chi connectivity index (χ2v) is 4.40. The van der Waals surface area contributed by atoms with E-state index in [9.17, 15) is 0 Å². The lowest BCUT2D eigenvalue weighted by atomic mass is 10.2. The van der Waals surface area contributed by atoms with Gasteiger partial charge in [-0.3, -0.25) is 0 Å². The van der Waals surface area contributed by atoms with E-state index in [1.54, 1.807) is 7.11 Å². The van der Waals surface area contributed by atoms with E-state index < -0.39 is 0 Å². The van der Waals surface area contributed by atoms with Gasteiger partial charge in [-0.1, -0.05) is 11.2 Å². The van der Waals surface area contributed by atoms with Crippen LogP contribution in [0, 0.1) is 0 Å². The van der Waals surface area contributed by atoms with E-state index in [0.29, 0.717) is 6.54 Å². The molecule has 18 heavy (non-hydrogen) atoms. The SMILES string of the molecule is COc1ccc(CN=[N+]=[N-])cc1OC1CCCC1. The minimum absolute atomic E-state index is 0.286. The summed E-state index contributed by atoms with van der Waals surface area (Å²) in [7, 11) is 1.63. The molecule has 1 aromatic rings. The summed E-state index contributed by atoms with van der Waals surface area (Å²) in [5.41, 5.74) is 9.26. The monoisotopic (exact) mass is 247 g/mol. The molecule has 1 fully saturated rings. The second-order valence-electron chi connectivity index (χ2n) is 4.40. The Kier molecular flexibility index (Phi) is 4.31. The lowest BCUT2D eigenvalue weighted by Crippen LogP contribution is -2.11. The van der Waals surface area contributed by atoms with Gasteiger partial charge in [0.25, 0.3) is 0 Å². The van der Waals surface area contributed by atoms with Crippen molar-refractivity contribution in [2.75, 3.05) is 7.11 Å². The van der Waals surface area contributed by atoms with E-state index in [1.807, 2.05) is 18.2 Å². The summed E-state index contributed by atoms with van der Waals surface area (Å²) < 4.78 is 11.2. The number of azide groups is 1. The minimum Gasteiger partial charge on any atom is -0.493 e. The summed E-state index contributed by atoms with van der Waals surface area (Å²) in [4.78, 5) is 2.76. The molecule has 1 aromatic carbocycles. The third-order valence-electron chi connectivity index (χ3n) is 3.14. The van der Waals surface area contributed by atoms with Gasteiger partial charge in [0.15, 0.2) is 11.5 Å². The summed E-state index contributed by atoms with van der Waals surface area (Å²) >= 11 is 0. The van der Waals surface area contributed by atoms with Crippen LogP contribution >= 0.6 is 0 Å². The van der Waals surface area contributed by atoms with Gasteiger partial charge in [0.05, 0.1) is 19.8 Å². The Hall–Kier alpha value is -1.87. The van der Waals surface area contributed by atoms with E-state index in [1.165, 1.54) is 12.8 Å². The standard InChI is InChI=1S/C13H17N3O2/c1-17-12-7-6-10(9-15-16-14)8-13(12)18-11-4-2-3-5-11/h6-8,11H,2-5,9H2,1H3. The van der Waals surface area contributed by atoms with Crippen molar-refractivity contribution in [3.05, 3.63) is 34.2 Å². The van der Waals surface area contributed by atoms with E-state index in [0.717, 1.165) is 29.9 Å². The molecule has 0 atom stereocenters. The van der Waals surface area contributed by atoms with Crippen LogP contribution in [0.15, 0.2) is 23.3 Å². The summed E-state index contributed by atoms with van der Waals surface area (Å²) in [6.45, 7) is 0.335. The molecule has 5 heteroatoms. The van der Waals surface area contributed by atoms with Gasteiger partial charge in [-0.25, -0.2) is 0 Å². The number of methoxy groups -OCH3 is 1. The van der Waals surface area contributed by atoms with Crippen molar-refractivity contribution in [3.63, 3.8) is 0 Å². The van der Waals surface area contributed by atoms with Crippen LogP contribution < -0.4 is 9.47 Å². The van der Waals surface area contributed by atoms with Crippen molar-refractivity contribution in [2.45, 2.75) is 38.3 Å². The fourth-order valence-corrected chi connectivity index (χ4v) is 2.21. The molecule has 0 amide bonds. The van der Waals surface area contributed by atoms with Crippen LogP contribution in [0.5, 0.6) is 11.5 Å². The first-order chi connectivity index (χ1) is 8.83. The molecule has 0 N–H and O–H groups in total. The van der Waals surface area contributed by atoms with E-state index in [4.69, 9.17) is 15.0 Å². The molecular weight excluding hydrogens is 230 g/mol. The predicted octanol–water partition coefficient (Wildman–Crippen LogP) is 3.83. The van der Waals surface area contributed by atoms with Crippen molar-refractivity contribution in [1.82, 2.24) is 0 Å². The molecule has 0 heterocycles. The zero-order valence-electron chi connectivity index (χ0n) is 10.5. The van der Waals surface area contributed by atoms with E-state index >= 15 is 0 Å². The van der Waals surface area contributed by atoms with Crippen LogP contribution in [0.2, 0.25) is 0 Å². The Balaban J connectivity index is 2.15. The second kappa shape index (κ2) is 6.17. The number of hydrogen-bond acceptors (Lipinski definition) is 3. The molecule has 0 bridgehead atoms. The molecule has 5 nitrogen and oxygen atoms in total. The van der Waals surface area contributed by atoms with Gasteiger partial charge in [0.2, 0.25) is 0 Å². The van der Waals surface area contributed by atoms with Crippen molar-refractivity contribution >= 4 is 0 Å². The first-order valence-corrected chi connectivity index (χ1v) is 6.18. The van der Waals surface area contributed by atoms with Crippen LogP contribution in [0.1, 0.15) is 31.2 Å². The zero-order valence-corrected chi connectivity index (χ0v) is 10.5. The van der Waals surface area contributed by atoms with Crippen LogP contribution in [0.3, 0.4) is 0 Å². The molecule has 2 rings (SSSR count). The lowest BCUT2D eigenvalue weighted by Gasteiger charge is -2.16. The highest BCUT2D eigenvalue weighted by atomic mass is 16.5. The molecule has 0 aromatic heterocycles. The maximum atomic E-state index is 8.33. The van der Waals surface area contributed by atoms with E-state index in [-0.39, 0.29) is 6.10 Å². The largest absolute Gasteiger partial charge is 0.493 e. The number of rotatable bonds is 5. The molecule has 0 saturated heterocycles. The Labute approximate surface area is 106 Å². The Morgan fingerprint density at radius 2 is 2.11 bits per heavy atom. The van der Waals surface area contributed by atoms with Gasteiger partial charge in [-0.2, -0.15) is 0 Å². The van der Waals surface area contributed by atoms with Gasteiger partial charge in [0, 0.05) is 4.91 Å². The highest BCUT2D eigenvalue weighted by Crippen LogP contribution is 2.32. The topological polar surface area (TPSA) is 67.2 Å². The predicted molar refractivity (Wildman–Crippen MR) is 68.7 cm³/mol. The molecule has 0 aliphatic heterocycles. The normalized spacial score (nSPS) is 15.2. The fraction of sp³-hybridized carbons (Fsp3) is 0.538. The maximum Gasteiger partial charge on any atom is 0.161 e. The van der Waals surface area contributed by atoms with Gasteiger partial charge in [-0.15, -0.1) is 0 Å². The Bertz CT molecular complexity index is 450. The maximum absolute atomic E-state index is 8.33. The van der Waals surface area contributed by atoms with Gasteiger partial charge < -0.3 is 9.47 Å². The van der Waals surface area contributed by atoms with Gasteiger partial charge in [-0.05, 0) is 48.9 Å². The zero-order chi connectivity index (χ0) is 12.8. The van der Waals surface area contributed by atoms with Crippen molar-refractivity contribution in [2.24, 2.45) is 5.11 Å². The first-order valence-electron chi connectivity index (χ1n) is 6.18. The number of hydrogen-bond donors (Lipinski definition) is 0.